The van der Waals surface area contributed by atoms with Crippen molar-refractivity contribution in [3.05, 3.63) is 58.6 Å². The van der Waals surface area contributed by atoms with Gasteiger partial charge in [0.05, 0.1) is 5.69 Å². The third kappa shape index (κ3) is 2.76. The van der Waals surface area contributed by atoms with Crippen LogP contribution in [-0.4, -0.2) is 18.2 Å². The summed E-state index contributed by atoms with van der Waals surface area (Å²) in [7, 11) is 0. The highest BCUT2D eigenvalue weighted by Crippen LogP contribution is 2.33. The molecule has 2 aromatic carbocycles. The lowest BCUT2D eigenvalue weighted by Gasteiger charge is -2.13. The zero-order chi connectivity index (χ0) is 15.7. The Morgan fingerprint density at radius 2 is 1.91 bits per heavy atom. The Balaban J connectivity index is 1.96. The highest BCUT2D eigenvalue weighted by atomic mass is 35.5. The summed E-state index contributed by atoms with van der Waals surface area (Å²) >= 11 is 7.38. The average Bonchev–Trinajstić information content (AvgIpc) is 2.77. The van der Waals surface area contributed by atoms with Gasteiger partial charge in [-0.3, -0.25) is 4.79 Å². The van der Waals surface area contributed by atoms with Crippen molar-refractivity contribution in [1.82, 2.24) is 0 Å². The van der Waals surface area contributed by atoms with Crippen LogP contribution >= 0.6 is 23.5 Å². The summed E-state index contributed by atoms with van der Waals surface area (Å²) in [5.74, 6) is -0.0700. The minimum atomic E-state index is -0.0700. The number of nitrogens with zero attached hydrogens (tertiary/aromatic N) is 2. The van der Waals surface area contributed by atoms with E-state index in [1.54, 1.807) is 17.0 Å². The van der Waals surface area contributed by atoms with Gasteiger partial charge < -0.3 is 4.90 Å². The van der Waals surface area contributed by atoms with Gasteiger partial charge in [0.15, 0.2) is 0 Å². The first-order valence-corrected chi connectivity index (χ1v) is 8.18. The number of anilines is 1. The van der Waals surface area contributed by atoms with Crippen LogP contribution in [0.4, 0.5) is 5.69 Å². The second kappa shape index (κ2) is 6.15. The Kier molecular flexibility index (Phi) is 4.23. The molecule has 0 N–H and O–H groups in total. The maximum Gasteiger partial charge on any atom is 0.278 e. The first-order valence-electron chi connectivity index (χ1n) is 7.03. The van der Waals surface area contributed by atoms with Crippen molar-refractivity contribution in [3.63, 3.8) is 0 Å². The van der Waals surface area contributed by atoms with E-state index in [0.717, 1.165) is 16.1 Å². The summed E-state index contributed by atoms with van der Waals surface area (Å²) < 4.78 is 4.47. The third-order valence-electron chi connectivity index (χ3n) is 3.53. The monoisotopic (exact) mass is 330 g/mol. The lowest BCUT2D eigenvalue weighted by atomic mass is 10.1. The van der Waals surface area contributed by atoms with Crippen LogP contribution in [0.3, 0.4) is 0 Å². The van der Waals surface area contributed by atoms with Crippen molar-refractivity contribution in [2.45, 2.75) is 18.7 Å². The second-order valence-electron chi connectivity index (χ2n) is 5.06. The van der Waals surface area contributed by atoms with Gasteiger partial charge >= 0.3 is 0 Å². The number of hydrogen-bond donors (Lipinski definition) is 0. The predicted octanol–water partition coefficient (Wildman–Crippen LogP) is 4.51. The number of carbonyl (C=O) groups excluding carboxylic acids is 1. The van der Waals surface area contributed by atoms with Gasteiger partial charge in [-0.25, -0.2) is 4.40 Å². The maximum atomic E-state index is 12.5. The Bertz CT molecular complexity index is 756. The SMILES string of the molecule is CCN1C(=O)/C(=N\Sc2ccc(C)cc2)c2cc(Cl)ccc21. The van der Waals surface area contributed by atoms with Crippen LogP contribution in [0.5, 0.6) is 0 Å². The molecule has 112 valence electrons. The fraction of sp³-hybridized carbons (Fsp3) is 0.176. The number of rotatable bonds is 3. The van der Waals surface area contributed by atoms with Gasteiger partial charge in [0.1, 0.15) is 5.71 Å². The van der Waals surface area contributed by atoms with Crippen molar-refractivity contribution in [1.29, 1.82) is 0 Å². The van der Waals surface area contributed by atoms with Gasteiger partial charge in [0.25, 0.3) is 5.91 Å². The van der Waals surface area contributed by atoms with E-state index in [4.69, 9.17) is 11.6 Å². The minimum absolute atomic E-state index is 0.0700. The van der Waals surface area contributed by atoms with Crippen molar-refractivity contribution in [3.8, 4) is 0 Å². The Morgan fingerprint density at radius 3 is 2.59 bits per heavy atom. The molecule has 1 amide bonds. The molecular formula is C17H15ClN2OS. The van der Waals surface area contributed by atoms with Crippen LogP contribution in [0.25, 0.3) is 0 Å². The minimum Gasteiger partial charge on any atom is -0.307 e. The molecule has 3 rings (SSSR count). The van der Waals surface area contributed by atoms with E-state index in [9.17, 15) is 4.79 Å². The molecule has 0 spiro atoms. The molecule has 0 fully saturated rings. The van der Waals surface area contributed by atoms with Crippen LogP contribution in [0, 0.1) is 6.92 Å². The summed E-state index contributed by atoms with van der Waals surface area (Å²) in [5, 5.41) is 0.609. The van der Waals surface area contributed by atoms with E-state index in [0.29, 0.717) is 17.3 Å². The topological polar surface area (TPSA) is 32.7 Å². The van der Waals surface area contributed by atoms with E-state index in [-0.39, 0.29) is 5.91 Å². The normalized spacial score (nSPS) is 15.5. The van der Waals surface area contributed by atoms with E-state index < -0.39 is 0 Å². The van der Waals surface area contributed by atoms with Gasteiger partial charge in [-0.15, -0.1) is 0 Å². The fourth-order valence-corrected chi connectivity index (χ4v) is 3.19. The first-order chi connectivity index (χ1) is 10.6. The number of fused-ring (bicyclic) bond motifs is 1. The number of amides is 1. The van der Waals surface area contributed by atoms with E-state index in [1.807, 2.05) is 44.2 Å². The highest BCUT2D eigenvalue weighted by Gasteiger charge is 2.33. The molecule has 0 saturated heterocycles. The number of halogens is 1. The van der Waals surface area contributed by atoms with Crippen molar-refractivity contribution in [2.24, 2.45) is 4.40 Å². The smallest absolute Gasteiger partial charge is 0.278 e. The van der Waals surface area contributed by atoms with E-state index in [1.165, 1.54) is 17.5 Å². The van der Waals surface area contributed by atoms with Gasteiger partial charge in [0.2, 0.25) is 0 Å². The summed E-state index contributed by atoms with van der Waals surface area (Å²) in [6.07, 6.45) is 0. The molecule has 22 heavy (non-hydrogen) atoms. The largest absolute Gasteiger partial charge is 0.307 e. The molecule has 0 unspecified atom stereocenters. The molecule has 0 bridgehead atoms. The molecule has 0 radical (unpaired) electrons. The Hall–Kier alpha value is -1.78. The van der Waals surface area contributed by atoms with Crippen molar-refractivity contribution >= 4 is 40.9 Å². The average molecular weight is 331 g/mol. The number of carbonyl (C=O) groups is 1. The Labute approximate surface area is 139 Å². The molecule has 1 aliphatic heterocycles. The predicted molar refractivity (Wildman–Crippen MR) is 93.1 cm³/mol. The molecule has 3 nitrogen and oxygen atoms in total. The summed E-state index contributed by atoms with van der Waals surface area (Å²) in [6.45, 7) is 4.60. The maximum absolute atomic E-state index is 12.5. The van der Waals surface area contributed by atoms with Crippen molar-refractivity contribution < 1.29 is 4.79 Å². The molecular weight excluding hydrogens is 316 g/mol. The molecule has 2 aromatic rings. The summed E-state index contributed by atoms with van der Waals surface area (Å²) in [5.41, 5.74) is 3.34. The second-order valence-corrected chi connectivity index (χ2v) is 6.33. The quantitative estimate of drug-likeness (QED) is 0.775. The summed E-state index contributed by atoms with van der Waals surface area (Å²) in [6, 6.07) is 13.5. The van der Waals surface area contributed by atoms with Crippen LogP contribution in [0.2, 0.25) is 5.02 Å². The van der Waals surface area contributed by atoms with Crippen LogP contribution in [0.15, 0.2) is 51.8 Å². The van der Waals surface area contributed by atoms with Gasteiger partial charge in [-0.05, 0) is 44.2 Å². The van der Waals surface area contributed by atoms with Crippen LogP contribution < -0.4 is 4.90 Å². The third-order valence-corrected chi connectivity index (χ3v) is 4.52. The van der Waals surface area contributed by atoms with Crippen LogP contribution in [0.1, 0.15) is 18.1 Å². The van der Waals surface area contributed by atoms with Gasteiger partial charge in [-0.1, -0.05) is 29.3 Å². The molecule has 5 heteroatoms. The molecule has 0 aromatic heterocycles. The molecule has 0 atom stereocenters. The highest BCUT2D eigenvalue weighted by molar-refractivity contribution is 7.98. The zero-order valence-electron chi connectivity index (χ0n) is 12.3. The lowest BCUT2D eigenvalue weighted by Crippen LogP contribution is -2.29. The van der Waals surface area contributed by atoms with Crippen molar-refractivity contribution in [2.75, 3.05) is 11.4 Å². The van der Waals surface area contributed by atoms with E-state index >= 15 is 0 Å². The molecule has 0 aliphatic carbocycles. The number of benzene rings is 2. The zero-order valence-corrected chi connectivity index (χ0v) is 13.9. The molecule has 0 saturated carbocycles. The van der Waals surface area contributed by atoms with Crippen LogP contribution in [-0.2, 0) is 4.79 Å². The molecule has 1 aliphatic rings. The standard InChI is InChI=1S/C17H15ClN2OS/c1-3-20-15-9-6-12(18)10-14(15)16(17(20)21)19-22-13-7-4-11(2)5-8-13/h4-10H,3H2,1-2H3/b19-16-. The van der Waals surface area contributed by atoms with Gasteiger partial charge in [-0.2, -0.15) is 0 Å². The number of hydrogen-bond acceptors (Lipinski definition) is 3. The first kappa shape index (κ1) is 15.1. The van der Waals surface area contributed by atoms with E-state index in [2.05, 4.69) is 4.40 Å². The molecule has 1 heterocycles. The number of likely N-dealkylation sites (N-methyl/N-ethyl adjacent to an activating group) is 1. The Morgan fingerprint density at radius 1 is 1.18 bits per heavy atom. The summed E-state index contributed by atoms with van der Waals surface area (Å²) in [4.78, 5) is 15.2. The lowest BCUT2D eigenvalue weighted by molar-refractivity contribution is -0.112. The van der Waals surface area contributed by atoms with Gasteiger partial charge in [0, 0.05) is 34.0 Å². The number of aryl methyl sites for hydroxylation is 1. The fourth-order valence-electron chi connectivity index (χ4n) is 2.39.